The highest BCUT2D eigenvalue weighted by Crippen LogP contribution is 2.18. The Balaban J connectivity index is 2.08. The highest BCUT2D eigenvalue weighted by atomic mass is 32.2. The molecule has 0 fully saturated rings. The molecule has 2 amide bonds. The van der Waals surface area contributed by atoms with E-state index in [1.165, 1.54) is 35.0 Å². The van der Waals surface area contributed by atoms with E-state index in [4.69, 9.17) is 0 Å². The Labute approximate surface area is 183 Å². The molecule has 4 nitrogen and oxygen atoms in total. The van der Waals surface area contributed by atoms with Crippen LogP contribution in [0.3, 0.4) is 0 Å². The molecule has 0 aliphatic heterocycles. The monoisotopic (exact) mass is 430 g/mol. The second-order valence-corrected chi connectivity index (χ2v) is 8.55. The fraction of sp³-hybridized carbons (Fsp3) is 0.417. The van der Waals surface area contributed by atoms with Crippen molar-refractivity contribution in [2.45, 2.75) is 58.5 Å². The molecule has 0 saturated carbocycles. The highest BCUT2D eigenvalue weighted by Gasteiger charge is 2.26. The molecule has 30 heavy (non-hydrogen) atoms. The zero-order chi connectivity index (χ0) is 22.1. The van der Waals surface area contributed by atoms with Gasteiger partial charge in [0.1, 0.15) is 11.9 Å². The summed E-state index contributed by atoms with van der Waals surface area (Å²) in [6, 6.07) is 13.6. The molecule has 0 heterocycles. The Kier molecular flexibility index (Phi) is 9.37. The summed E-state index contributed by atoms with van der Waals surface area (Å²) in [5, 5.41) is 2.95. The molecule has 2 aromatic carbocycles. The summed E-state index contributed by atoms with van der Waals surface area (Å²) < 4.78 is 13.3. The van der Waals surface area contributed by atoms with E-state index in [2.05, 4.69) is 24.4 Å². The van der Waals surface area contributed by atoms with E-state index in [0.717, 1.165) is 17.7 Å². The van der Waals surface area contributed by atoms with Gasteiger partial charge in [-0.25, -0.2) is 4.39 Å². The quantitative estimate of drug-likeness (QED) is 0.594. The van der Waals surface area contributed by atoms with Crippen molar-refractivity contribution in [1.29, 1.82) is 0 Å². The number of halogens is 1. The summed E-state index contributed by atoms with van der Waals surface area (Å²) >= 11 is 1.53. The van der Waals surface area contributed by atoms with Gasteiger partial charge in [-0.15, -0.1) is 11.8 Å². The third-order valence-electron chi connectivity index (χ3n) is 5.18. The molecule has 2 aromatic rings. The van der Waals surface area contributed by atoms with Crippen molar-refractivity contribution in [3.05, 3.63) is 71.0 Å². The van der Waals surface area contributed by atoms with Gasteiger partial charge < -0.3 is 10.2 Å². The molecular formula is C24H31FN2O2S. The van der Waals surface area contributed by atoms with Gasteiger partial charge in [0.25, 0.3) is 0 Å². The third-order valence-corrected chi connectivity index (χ3v) is 6.15. The number of thioether (sulfide) groups is 1. The van der Waals surface area contributed by atoms with Crippen LogP contribution in [-0.2, 0) is 21.9 Å². The van der Waals surface area contributed by atoms with Crippen molar-refractivity contribution in [3.63, 3.8) is 0 Å². The Hall–Kier alpha value is -2.34. The van der Waals surface area contributed by atoms with E-state index < -0.39 is 6.04 Å². The van der Waals surface area contributed by atoms with Crippen LogP contribution in [-0.4, -0.2) is 34.6 Å². The number of benzene rings is 2. The maximum absolute atomic E-state index is 13.3. The van der Waals surface area contributed by atoms with E-state index >= 15 is 0 Å². The topological polar surface area (TPSA) is 49.4 Å². The lowest BCUT2D eigenvalue weighted by Gasteiger charge is -2.29. The number of aryl methyl sites for hydroxylation is 1. The average molecular weight is 431 g/mol. The van der Waals surface area contributed by atoms with Crippen molar-refractivity contribution in [3.8, 4) is 0 Å². The normalized spacial score (nSPS) is 12.8. The Morgan fingerprint density at radius 3 is 2.40 bits per heavy atom. The number of carbonyl (C=O) groups excluding carboxylic acids is 2. The fourth-order valence-corrected chi connectivity index (χ4v) is 3.92. The van der Waals surface area contributed by atoms with E-state index in [1.807, 2.05) is 26.0 Å². The molecule has 0 saturated heterocycles. The third kappa shape index (κ3) is 7.17. The SMILES string of the molecule is CC[C@@H](C)NC(=O)[C@@H](C)N(Cc1ccc(F)cc1)C(=O)CSCc1ccccc1C. The minimum absolute atomic E-state index is 0.0400. The van der Waals surface area contributed by atoms with E-state index in [1.54, 1.807) is 24.0 Å². The summed E-state index contributed by atoms with van der Waals surface area (Å²) in [5.41, 5.74) is 3.18. The van der Waals surface area contributed by atoms with Crippen molar-refractivity contribution in [1.82, 2.24) is 10.2 Å². The zero-order valence-corrected chi connectivity index (χ0v) is 19.0. The first kappa shape index (κ1) is 23.9. The van der Waals surface area contributed by atoms with Crippen LogP contribution in [0.2, 0.25) is 0 Å². The van der Waals surface area contributed by atoms with Crippen LogP contribution in [0, 0.1) is 12.7 Å². The van der Waals surface area contributed by atoms with Gasteiger partial charge in [0.15, 0.2) is 0 Å². The number of nitrogens with one attached hydrogen (secondary N) is 1. The molecule has 0 spiro atoms. The lowest BCUT2D eigenvalue weighted by molar-refractivity contribution is -0.138. The van der Waals surface area contributed by atoms with Gasteiger partial charge >= 0.3 is 0 Å². The molecule has 2 atom stereocenters. The van der Waals surface area contributed by atoms with Crippen molar-refractivity contribution in [2.24, 2.45) is 0 Å². The molecule has 0 bridgehead atoms. The predicted octanol–water partition coefficient (Wildman–Crippen LogP) is 4.70. The molecule has 0 unspecified atom stereocenters. The fourth-order valence-electron chi connectivity index (χ4n) is 2.94. The molecule has 0 aliphatic carbocycles. The van der Waals surface area contributed by atoms with Crippen LogP contribution in [0.4, 0.5) is 4.39 Å². The Morgan fingerprint density at radius 2 is 1.77 bits per heavy atom. The smallest absolute Gasteiger partial charge is 0.242 e. The van der Waals surface area contributed by atoms with Gasteiger partial charge in [0.2, 0.25) is 11.8 Å². The van der Waals surface area contributed by atoms with Gasteiger partial charge in [-0.1, -0.05) is 43.3 Å². The second kappa shape index (κ2) is 11.7. The number of hydrogen-bond acceptors (Lipinski definition) is 3. The van der Waals surface area contributed by atoms with Crippen LogP contribution in [0.25, 0.3) is 0 Å². The maximum atomic E-state index is 13.3. The van der Waals surface area contributed by atoms with Gasteiger partial charge in [-0.3, -0.25) is 9.59 Å². The summed E-state index contributed by atoms with van der Waals surface area (Å²) in [4.78, 5) is 27.3. The van der Waals surface area contributed by atoms with Crippen molar-refractivity contribution >= 4 is 23.6 Å². The van der Waals surface area contributed by atoms with Gasteiger partial charge in [0, 0.05) is 18.3 Å². The number of hydrogen-bond donors (Lipinski definition) is 1. The lowest BCUT2D eigenvalue weighted by Crippen LogP contribution is -2.50. The van der Waals surface area contributed by atoms with E-state index in [9.17, 15) is 14.0 Å². The van der Waals surface area contributed by atoms with Gasteiger partial charge in [-0.05, 0) is 56.0 Å². The summed E-state index contributed by atoms with van der Waals surface area (Å²) in [6.07, 6.45) is 0.816. The molecule has 162 valence electrons. The second-order valence-electron chi connectivity index (χ2n) is 7.56. The predicted molar refractivity (Wildman–Crippen MR) is 122 cm³/mol. The largest absolute Gasteiger partial charge is 0.352 e. The zero-order valence-electron chi connectivity index (χ0n) is 18.2. The maximum Gasteiger partial charge on any atom is 0.242 e. The first-order chi connectivity index (χ1) is 14.3. The van der Waals surface area contributed by atoms with Crippen LogP contribution in [0.15, 0.2) is 48.5 Å². The molecule has 0 aromatic heterocycles. The van der Waals surface area contributed by atoms with Gasteiger partial charge in [-0.2, -0.15) is 0 Å². The Morgan fingerprint density at radius 1 is 1.10 bits per heavy atom. The molecule has 1 N–H and O–H groups in total. The van der Waals surface area contributed by atoms with Crippen molar-refractivity contribution in [2.75, 3.05) is 5.75 Å². The molecular weight excluding hydrogens is 399 g/mol. The number of amides is 2. The van der Waals surface area contributed by atoms with E-state index in [-0.39, 0.29) is 36.0 Å². The van der Waals surface area contributed by atoms with Crippen LogP contribution in [0.5, 0.6) is 0 Å². The minimum Gasteiger partial charge on any atom is -0.352 e. The lowest BCUT2D eigenvalue weighted by atomic mass is 10.1. The molecule has 0 radical (unpaired) electrons. The summed E-state index contributed by atoms with van der Waals surface area (Å²) in [5.74, 6) is 0.397. The molecule has 0 aliphatic rings. The van der Waals surface area contributed by atoms with Crippen LogP contribution in [0.1, 0.15) is 43.9 Å². The standard InChI is InChI=1S/C24H31FN2O2S/c1-5-18(3)26-24(29)19(4)27(14-20-10-12-22(25)13-11-20)23(28)16-30-15-21-9-7-6-8-17(21)2/h6-13,18-19H,5,14-16H2,1-4H3,(H,26,29)/t18-,19-/m1/s1. The highest BCUT2D eigenvalue weighted by molar-refractivity contribution is 7.99. The average Bonchev–Trinajstić information content (AvgIpc) is 2.73. The molecule has 6 heteroatoms. The van der Waals surface area contributed by atoms with E-state index in [0.29, 0.717) is 0 Å². The van der Waals surface area contributed by atoms with Crippen LogP contribution < -0.4 is 5.32 Å². The Bertz CT molecular complexity index is 841. The summed E-state index contributed by atoms with van der Waals surface area (Å²) in [6.45, 7) is 8.00. The van der Waals surface area contributed by atoms with Crippen LogP contribution >= 0.6 is 11.8 Å². The minimum atomic E-state index is -0.615. The number of carbonyl (C=O) groups is 2. The van der Waals surface area contributed by atoms with Crippen molar-refractivity contribution < 1.29 is 14.0 Å². The first-order valence-electron chi connectivity index (χ1n) is 10.3. The first-order valence-corrected chi connectivity index (χ1v) is 11.4. The summed E-state index contributed by atoms with van der Waals surface area (Å²) in [7, 11) is 0. The van der Waals surface area contributed by atoms with Gasteiger partial charge in [0.05, 0.1) is 5.75 Å². The number of rotatable bonds is 10. The molecule has 2 rings (SSSR count). The number of nitrogens with zero attached hydrogens (tertiary/aromatic N) is 1.